The lowest BCUT2D eigenvalue weighted by Gasteiger charge is -2.04. The van der Waals surface area contributed by atoms with Gasteiger partial charge in [-0.05, 0) is 25.1 Å². The molecule has 0 bridgehead atoms. The molecule has 19 heavy (non-hydrogen) atoms. The molecule has 0 atom stereocenters. The number of nitrogens with one attached hydrogen (secondary N) is 2. The third-order valence-electron chi connectivity index (χ3n) is 2.26. The van der Waals surface area contributed by atoms with Gasteiger partial charge >= 0.3 is 5.69 Å². The van der Waals surface area contributed by atoms with Gasteiger partial charge in [-0.1, -0.05) is 30.0 Å². The van der Waals surface area contributed by atoms with Gasteiger partial charge in [0, 0.05) is 11.4 Å². The lowest BCUT2D eigenvalue weighted by Crippen LogP contribution is -2.15. The minimum Gasteiger partial charge on any atom is -0.325 e. The minimum atomic E-state index is -0.397. The standard InChI is InChI=1S/C13H13N3O2S/c1-9-7-12(16-13(18)14-9)19-8-11(17)15-10-5-3-2-4-6-10/h2-7H,8H2,1H3,(H,15,17)(H,14,16,18). The summed E-state index contributed by atoms with van der Waals surface area (Å²) < 4.78 is 0. The summed E-state index contributed by atoms with van der Waals surface area (Å²) in [4.78, 5) is 29.2. The number of rotatable bonds is 4. The van der Waals surface area contributed by atoms with Crippen molar-refractivity contribution in [2.75, 3.05) is 11.1 Å². The number of amides is 1. The van der Waals surface area contributed by atoms with Crippen molar-refractivity contribution in [1.29, 1.82) is 0 Å². The fourth-order valence-electron chi connectivity index (χ4n) is 1.48. The maximum Gasteiger partial charge on any atom is 0.346 e. The molecule has 1 aromatic heterocycles. The predicted octanol–water partition coefficient (Wildman–Crippen LogP) is 1.81. The number of para-hydroxylation sites is 1. The van der Waals surface area contributed by atoms with Gasteiger partial charge in [-0.15, -0.1) is 0 Å². The second-order valence-electron chi connectivity index (χ2n) is 3.91. The average Bonchev–Trinajstić information content (AvgIpc) is 2.36. The molecule has 2 N–H and O–H groups in total. The van der Waals surface area contributed by atoms with Crippen LogP contribution in [0.4, 0.5) is 5.69 Å². The van der Waals surface area contributed by atoms with Crippen LogP contribution < -0.4 is 11.0 Å². The number of thioether (sulfide) groups is 1. The Morgan fingerprint density at radius 3 is 2.79 bits per heavy atom. The number of carbonyl (C=O) groups is 1. The topological polar surface area (TPSA) is 74.8 Å². The van der Waals surface area contributed by atoms with E-state index in [-0.39, 0.29) is 11.7 Å². The van der Waals surface area contributed by atoms with Crippen molar-refractivity contribution < 1.29 is 4.79 Å². The van der Waals surface area contributed by atoms with Crippen molar-refractivity contribution >= 4 is 23.4 Å². The van der Waals surface area contributed by atoms with Crippen LogP contribution >= 0.6 is 11.8 Å². The van der Waals surface area contributed by atoms with Crippen LogP contribution in [0.3, 0.4) is 0 Å². The largest absolute Gasteiger partial charge is 0.346 e. The molecule has 1 amide bonds. The molecule has 0 unspecified atom stereocenters. The van der Waals surface area contributed by atoms with Gasteiger partial charge in [-0.25, -0.2) is 4.79 Å². The first-order valence-corrected chi connectivity index (χ1v) is 6.68. The zero-order valence-corrected chi connectivity index (χ0v) is 11.2. The molecule has 1 heterocycles. The van der Waals surface area contributed by atoms with Gasteiger partial charge in [0.1, 0.15) is 5.03 Å². The van der Waals surface area contributed by atoms with Gasteiger partial charge in [0.2, 0.25) is 5.91 Å². The number of nitrogens with zero attached hydrogens (tertiary/aromatic N) is 1. The molecule has 0 spiro atoms. The van der Waals surface area contributed by atoms with Gasteiger partial charge in [-0.2, -0.15) is 4.98 Å². The Balaban J connectivity index is 1.92. The van der Waals surface area contributed by atoms with E-state index in [1.807, 2.05) is 30.3 Å². The molecule has 0 aliphatic heterocycles. The van der Waals surface area contributed by atoms with Gasteiger partial charge in [-0.3, -0.25) is 4.79 Å². The second kappa shape index (κ2) is 6.19. The number of aromatic nitrogens is 2. The van der Waals surface area contributed by atoms with Crippen molar-refractivity contribution in [1.82, 2.24) is 9.97 Å². The summed E-state index contributed by atoms with van der Waals surface area (Å²) in [5.41, 5.74) is 1.08. The van der Waals surface area contributed by atoms with Crippen LogP contribution in [0.2, 0.25) is 0 Å². The SMILES string of the molecule is Cc1cc(SCC(=O)Nc2ccccc2)nc(=O)[nH]1. The van der Waals surface area contributed by atoms with E-state index in [2.05, 4.69) is 15.3 Å². The number of hydrogen-bond acceptors (Lipinski definition) is 4. The molecule has 0 fully saturated rings. The number of aryl methyl sites for hydroxylation is 1. The predicted molar refractivity (Wildman–Crippen MR) is 75.4 cm³/mol. The normalized spacial score (nSPS) is 10.2. The second-order valence-corrected chi connectivity index (χ2v) is 4.91. The molecule has 0 aliphatic rings. The number of benzene rings is 1. The Bertz CT molecular complexity index is 625. The van der Waals surface area contributed by atoms with Crippen LogP contribution in [0.15, 0.2) is 46.2 Å². The summed E-state index contributed by atoms with van der Waals surface area (Å²) in [5, 5.41) is 3.31. The summed E-state index contributed by atoms with van der Waals surface area (Å²) in [6, 6.07) is 11.0. The number of hydrogen-bond donors (Lipinski definition) is 2. The van der Waals surface area contributed by atoms with Crippen LogP contribution in [0.5, 0.6) is 0 Å². The number of anilines is 1. The zero-order chi connectivity index (χ0) is 13.7. The molecular weight excluding hydrogens is 262 g/mol. The quantitative estimate of drug-likeness (QED) is 0.659. The molecule has 2 aromatic rings. The van der Waals surface area contributed by atoms with Crippen LogP contribution in [0.1, 0.15) is 5.69 Å². The fourth-order valence-corrected chi connectivity index (χ4v) is 2.24. The first-order valence-electron chi connectivity index (χ1n) is 5.69. The smallest absolute Gasteiger partial charge is 0.325 e. The maximum atomic E-state index is 11.7. The molecule has 0 radical (unpaired) electrons. The molecule has 98 valence electrons. The highest BCUT2D eigenvalue weighted by Crippen LogP contribution is 2.14. The molecule has 6 heteroatoms. The lowest BCUT2D eigenvalue weighted by atomic mass is 10.3. The van der Waals surface area contributed by atoms with E-state index in [4.69, 9.17) is 0 Å². The Morgan fingerprint density at radius 1 is 1.37 bits per heavy atom. The van der Waals surface area contributed by atoms with E-state index in [1.54, 1.807) is 13.0 Å². The van der Waals surface area contributed by atoms with E-state index in [9.17, 15) is 9.59 Å². The fraction of sp³-hybridized carbons (Fsp3) is 0.154. The first kappa shape index (κ1) is 13.4. The Kier molecular flexibility index (Phi) is 4.35. The Labute approximate surface area is 114 Å². The molecule has 0 saturated carbocycles. The van der Waals surface area contributed by atoms with E-state index in [0.717, 1.165) is 11.4 Å². The van der Waals surface area contributed by atoms with Crippen molar-refractivity contribution in [3.8, 4) is 0 Å². The number of aromatic amines is 1. The van der Waals surface area contributed by atoms with Crippen molar-refractivity contribution in [2.45, 2.75) is 11.9 Å². The van der Waals surface area contributed by atoms with E-state index < -0.39 is 5.69 Å². The third-order valence-corrected chi connectivity index (χ3v) is 3.18. The zero-order valence-electron chi connectivity index (χ0n) is 10.3. The van der Waals surface area contributed by atoms with Crippen LogP contribution in [-0.4, -0.2) is 21.6 Å². The lowest BCUT2D eigenvalue weighted by molar-refractivity contribution is -0.113. The maximum absolute atomic E-state index is 11.7. The van der Waals surface area contributed by atoms with Crippen LogP contribution in [-0.2, 0) is 4.79 Å². The molecule has 5 nitrogen and oxygen atoms in total. The summed E-state index contributed by atoms with van der Waals surface area (Å²) in [7, 11) is 0. The van der Waals surface area contributed by atoms with Gasteiger partial charge in [0.25, 0.3) is 0 Å². The van der Waals surface area contributed by atoms with Crippen molar-refractivity contribution in [2.24, 2.45) is 0 Å². The van der Waals surface area contributed by atoms with Gasteiger partial charge in [0.15, 0.2) is 0 Å². The molecular formula is C13H13N3O2S. The van der Waals surface area contributed by atoms with Crippen LogP contribution in [0, 0.1) is 6.92 Å². The third kappa shape index (κ3) is 4.26. The van der Waals surface area contributed by atoms with Crippen LogP contribution in [0.25, 0.3) is 0 Å². The summed E-state index contributed by atoms with van der Waals surface area (Å²) in [6.45, 7) is 1.77. The number of carbonyl (C=O) groups excluding carboxylic acids is 1. The van der Waals surface area contributed by atoms with Crippen molar-refractivity contribution in [3.05, 3.63) is 52.6 Å². The number of H-pyrrole nitrogens is 1. The molecule has 2 rings (SSSR count). The highest BCUT2D eigenvalue weighted by molar-refractivity contribution is 7.99. The van der Waals surface area contributed by atoms with Crippen molar-refractivity contribution in [3.63, 3.8) is 0 Å². The summed E-state index contributed by atoms with van der Waals surface area (Å²) in [6.07, 6.45) is 0. The average molecular weight is 275 g/mol. The van der Waals surface area contributed by atoms with Gasteiger partial charge < -0.3 is 10.3 Å². The molecule has 0 aliphatic carbocycles. The summed E-state index contributed by atoms with van der Waals surface area (Å²) >= 11 is 1.23. The Hall–Kier alpha value is -2.08. The Morgan fingerprint density at radius 2 is 2.11 bits per heavy atom. The summed E-state index contributed by atoms with van der Waals surface area (Å²) in [5.74, 6) is 0.0843. The highest BCUT2D eigenvalue weighted by atomic mass is 32.2. The molecule has 0 saturated heterocycles. The van der Waals surface area contributed by atoms with E-state index in [1.165, 1.54) is 11.8 Å². The van der Waals surface area contributed by atoms with E-state index in [0.29, 0.717) is 5.03 Å². The highest BCUT2D eigenvalue weighted by Gasteiger charge is 2.05. The minimum absolute atomic E-state index is 0.129. The van der Waals surface area contributed by atoms with E-state index >= 15 is 0 Å². The molecule has 1 aromatic carbocycles. The van der Waals surface area contributed by atoms with Gasteiger partial charge in [0.05, 0.1) is 5.75 Å². The monoisotopic (exact) mass is 275 g/mol. The first-order chi connectivity index (χ1) is 9.13.